The summed E-state index contributed by atoms with van der Waals surface area (Å²) in [4.78, 5) is 2.56. The predicted molar refractivity (Wildman–Crippen MR) is 74.9 cm³/mol. The van der Waals surface area contributed by atoms with Gasteiger partial charge in [-0.2, -0.15) is 0 Å². The molecule has 94 valence electrons. The Morgan fingerprint density at radius 1 is 1.18 bits per heavy atom. The van der Waals surface area contributed by atoms with Crippen molar-refractivity contribution in [2.75, 3.05) is 31.6 Å². The number of rotatable bonds is 4. The van der Waals surface area contributed by atoms with Crippen molar-refractivity contribution in [3.63, 3.8) is 0 Å². The van der Waals surface area contributed by atoms with Crippen molar-refractivity contribution >= 4 is 5.69 Å². The molecule has 0 aliphatic carbocycles. The zero-order chi connectivity index (χ0) is 12.1. The van der Waals surface area contributed by atoms with Gasteiger partial charge in [-0.1, -0.05) is 17.7 Å². The molecule has 17 heavy (non-hydrogen) atoms. The lowest BCUT2D eigenvalue weighted by atomic mass is 10.0. The van der Waals surface area contributed by atoms with E-state index in [2.05, 4.69) is 35.3 Å². The third kappa shape index (κ3) is 3.22. The summed E-state index contributed by atoms with van der Waals surface area (Å²) < 4.78 is 0. The normalized spacial score (nSPS) is 16.2. The molecule has 2 heteroatoms. The van der Waals surface area contributed by atoms with Crippen LogP contribution in [0.4, 0.5) is 5.69 Å². The highest BCUT2D eigenvalue weighted by Crippen LogP contribution is 2.25. The molecular formula is C15H24N2. The number of hydrogen-bond acceptors (Lipinski definition) is 2. The number of piperidine rings is 1. The van der Waals surface area contributed by atoms with Gasteiger partial charge < -0.3 is 10.2 Å². The van der Waals surface area contributed by atoms with Gasteiger partial charge in [-0.3, -0.25) is 0 Å². The molecule has 0 bridgehead atoms. The molecular weight excluding hydrogens is 208 g/mol. The number of hydrogen-bond donors (Lipinski definition) is 1. The third-order valence-corrected chi connectivity index (χ3v) is 3.58. The van der Waals surface area contributed by atoms with Gasteiger partial charge in [-0.25, -0.2) is 0 Å². The van der Waals surface area contributed by atoms with Crippen molar-refractivity contribution in [3.05, 3.63) is 29.3 Å². The Morgan fingerprint density at radius 2 is 1.94 bits per heavy atom. The highest BCUT2D eigenvalue weighted by molar-refractivity contribution is 5.55. The lowest BCUT2D eigenvalue weighted by Crippen LogP contribution is -2.30. The average Bonchev–Trinajstić information content (AvgIpc) is 2.37. The van der Waals surface area contributed by atoms with Crippen LogP contribution in [0, 0.1) is 6.92 Å². The Balaban J connectivity index is 2.18. The Labute approximate surface area is 105 Å². The number of likely N-dealkylation sites (N-methyl/N-ethyl adjacent to an activating group) is 1. The van der Waals surface area contributed by atoms with E-state index in [1.807, 2.05) is 7.05 Å². The van der Waals surface area contributed by atoms with E-state index in [0.717, 1.165) is 13.0 Å². The van der Waals surface area contributed by atoms with Crippen LogP contribution in [0.3, 0.4) is 0 Å². The van der Waals surface area contributed by atoms with E-state index in [-0.39, 0.29) is 0 Å². The molecule has 1 aromatic rings. The lowest BCUT2D eigenvalue weighted by Gasteiger charge is -2.31. The number of nitrogens with zero attached hydrogens (tertiary/aromatic N) is 1. The molecule has 0 amide bonds. The Kier molecular flexibility index (Phi) is 4.43. The Hall–Kier alpha value is -1.02. The first-order valence-corrected chi connectivity index (χ1v) is 6.80. The Morgan fingerprint density at radius 3 is 2.65 bits per heavy atom. The average molecular weight is 232 g/mol. The summed E-state index contributed by atoms with van der Waals surface area (Å²) in [6.07, 6.45) is 5.22. The van der Waals surface area contributed by atoms with Crippen LogP contribution in [-0.4, -0.2) is 26.7 Å². The predicted octanol–water partition coefficient (Wildman–Crippen LogP) is 2.75. The minimum atomic E-state index is 1.06. The number of anilines is 1. The zero-order valence-electron chi connectivity index (χ0n) is 11.1. The summed E-state index contributed by atoms with van der Waals surface area (Å²) in [7, 11) is 2.02. The van der Waals surface area contributed by atoms with Crippen LogP contribution in [0.15, 0.2) is 18.2 Å². The molecule has 0 saturated carbocycles. The standard InChI is InChI=1S/C15H24N2/c1-13-6-7-15(14(12-13)8-9-16-2)17-10-4-3-5-11-17/h6-7,12,16H,3-5,8-11H2,1-2H3. The topological polar surface area (TPSA) is 15.3 Å². The molecule has 0 spiro atoms. The highest BCUT2D eigenvalue weighted by Gasteiger charge is 2.14. The van der Waals surface area contributed by atoms with Crippen molar-refractivity contribution in [2.24, 2.45) is 0 Å². The molecule has 1 aliphatic rings. The summed E-state index contributed by atoms with van der Waals surface area (Å²) in [6, 6.07) is 6.90. The van der Waals surface area contributed by atoms with Gasteiger partial charge in [0.1, 0.15) is 0 Å². The Bertz CT molecular complexity index is 354. The van der Waals surface area contributed by atoms with E-state index < -0.39 is 0 Å². The fourth-order valence-electron chi connectivity index (χ4n) is 2.62. The summed E-state index contributed by atoms with van der Waals surface area (Å²) in [6.45, 7) is 5.71. The van der Waals surface area contributed by atoms with Crippen LogP contribution in [0.1, 0.15) is 30.4 Å². The van der Waals surface area contributed by atoms with Crippen LogP contribution < -0.4 is 10.2 Å². The zero-order valence-corrected chi connectivity index (χ0v) is 11.1. The molecule has 2 rings (SSSR count). The second-order valence-corrected chi connectivity index (χ2v) is 5.03. The molecule has 1 N–H and O–H groups in total. The first-order valence-electron chi connectivity index (χ1n) is 6.80. The van der Waals surface area contributed by atoms with Gasteiger partial charge in [0.2, 0.25) is 0 Å². The van der Waals surface area contributed by atoms with Crippen LogP contribution in [-0.2, 0) is 6.42 Å². The van der Waals surface area contributed by atoms with Gasteiger partial charge in [0, 0.05) is 18.8 Å². The van der Waals surface area contributed by atoms with Crippen LogP contribution in [0.2, 0.25) is 0 Å². The van der Waals surface area contributed by atoms with E-state index >= 15 is 0 Å². The van der Waals surface area contributed by atoms with Gasteiger partial charge >= 0.3 is 0 Å². The maximum atomic E-state index is 3.25. The summed E-state index contributed by atoms with van der Waals surface area (Å²) in [5, 5.41) is 3.25. The molecule has 1 aromatic carbocycles. The fraction of sp³-hybridized carbons (Fsp3) is 0.600. The first kappa shape index (κ1) is 12.4. The number of benzene rings is 1. The van der Waals surface area contributed by atoms with Gasteiger partial charge in [0.25, 0.3) is 0 Å². The van der Waals surface area contributed by atoms with Gasteiger partial charge in [-0.15, -0.1) is 0 Å². The molecule has 0 radical (unpaired) electrons. The molecule has 0 aromatic heterocycles. The first-order chi connectivity index (χ1) is 8.31. The summed E-state index contributed by atoms with van der Waals surface area (Å²) >= 11 is 0. The SMILES string of the molecule is CNCCc1cc(C)ccc1N1CCCCC1. The largest absolute Gasteiger partial charge is 0.371 e. The molecule has 1 heterocycles. The minimum absolute atomic E-state index is 1.06. The van der Waals surface area contributed by atoms with Crippen LogP contribution >= 0.6 is 0 Å². The second kappa shape index (κ2) is 6.06. The van der Waals surface area contributed by atoms with Gasteiger partial charge in [0.15, 0.2) is 0 Å². The molecule has 0 unspecified atom stereocenters. The minimum Gasteiger partial charge on any atom is -0.371 e. The number of aryl methyl sites for hydroxylation is 1. The van der Waals surface area contributed by atoms with E-state index in [9.17, 15) is 0 Å². The van der Waals surface area contributed by atoms with Crippen molar-refractivity contribution in [1.29, 1.82) is 0 Å². The maximum Gasteiger partial charge on any atom is 0.0399 e. The van der Waals surface area contributed by atoms with E-state index in [0.29, 0.717) is 0 Å². The molecule has 1 aliphatic heterocycles. The fourth-order valence-corrected chi connectivity index (χ4v) is 2.62. The quantitative estimate of drug-likeness (QED) is 0.858. The van der Waals surface area contributed by atoms with Crippen molar-refractivity contribution in [2.45, 2.75) is 32.6 Å². The molecule has 1 saturated heterocycles. The van der Waals surface area contributed by atoms with E-state index in [1.165, 1.54) is 49.2 Å². The number of nitrogens with one attached hydrogen (secondary N) is 1. The smallest absolute Gasteiger partial charge is 0.0399 e. The van der Waals surface area contributed by atoms with Crippen LogP contribution in [0.25, 0.3) is 0 Å². The summed E-state index contributed by atoms with van der Waals surface area (Å²) in [5.74, 6) is 0. The van der Waals surface area contributed by atoms with E-state index in [4.69, 9.17) is 0 Å². The molecule has 2 nitrogen and oxygen atoms in total. The highest BCUT2D eigenvalue weighted by atomic mass is 15.1. The van der Waals surface area contributed by atoms with Gasteiger partial charge in [-0.05, 0) is 57.8 Å². The molecule has 1 fully saturated rings. The van der Waals surface area contributed by atoms with E-state index in [1.54, 1.807) is 0 Å². The van der Waals surface area contributed by atoms with Gasteiger partial charge in [0.05, 0.1) is 0 Å². The summed E-state index contributed by atoms with van der Waals surface area (Å²) in [5.41, 5.74) is 4.34. The third-order valence-electron chi connectivity index (χ3n) is 3.58. The van der Waals surface area contributed by atoms with Crippen molar-refractivity contribution < 1.29 is 0 Å². The molecule has 0 atom stereocenters. The van der Waals surface area contributed by atoms with Crippen molar-refractivity contribution in [1.82, 2.24) is 5.32 Å². The lowest BCUT2D eigenvalue weighted by molar-refractivity contribution is 0.576. The second-order valence-electron chi connectivity index (χ2n) is 5.03. The van der Waals surface area contributed by atoms with Crippen LogP contribution in [0.5, 0.6) is 0 Å². The monoisotopic (exact) mass is 232 g/mol. The maximum absolute atomic E-state index is 3.25. The van der Waals surface area contributed by atoms with Crippen molar-refractivity contribution in [3.8, 4) is 0 Å².